The number of hydrogen-bond donors (Lipinski definition) is 1. The number of nitrogens with zero attached hydrogens (tertiary/aromatic N) is 2. The molecule has 1 aliphatic heterocycles. The van der Waals surface area contributed by atoms with Crippen LogP contribution in [0.3, 0.4) is 0 Å². The number of unbranched alkanes of at least 4 members (excludes halogenated alkanes) is 12. The number of H-pyrrole nitrogens is 1. The second kappa shape index (κ2) is 26.6. The highest BCUT2D eigenvalue weighted by Crippen LogP contribution is 2.46. The van der Waals surface area contributed by atoms with Crippen molar-refractivity contribution in [3.05, 3.63) is 128 Å². The molecule has 3 aromatic carbocycles. The lowest BCUT2D eigenvalue weighted by molar-refractivity contribution is -0.228. The molecule has 0 bridgehead atoms. The third kappa shape index (κ3) is 14.1. The lowest BCUT2D eigenvalue weighted by atomic mass is 9.79. The highest BCUT2D eigenvalue weighted by atomic mass is 28.4. The van der Waals surface area contributed by atoms with E-state index in [9.17, 15) is 14.4 Å². The van der Waals surface area contributed by atoms with Crippen molar-refractivity contribution in [1.29, 1.82) is 0 Å². The van der Waals surface area contributed by atoms with Gasteiger partial charge in [0.05, 0.1) is 40.5 Å². The van der Waals surface area contributed by atoms with Crippen LogP contribution in [-0.4, -0.2) is 74.8 Å². The first-order chi connectivity index (χ1) is 33.2. The van der Waals surface area contributed by atoms with Crippen LogP contribution in [0.5, 0.6) is 11.5 Å². The van der Waals surface area contributed by atoms with Crippen LogP contribution in [0.15, 0.2) is 94.6 Å². The summed E-state index contributed by atoms with van der Waals surface area (Å²) in [6.07, 6.45) is 16.8. The molecule has 1 amide bonds. The van der Waals surface area contributed by atoms with Gasteiger partial charge in [0, 0.05) is 18.2 Å². The van der Waals surface area contributed by atoms with Crippen LogP contribution in [0.2, 0.25) is 16.6 Å². The van der Waals surface area contributed by atoms with Gasteiger partial charge in [-0.25, -0.2) is 4.79 Å². The van der Waals surface area contributed by atoms with Crippen molar-refractivity contribution in [3.63, 3.8) is 0 Å². The largest absolute Gasteiger partial charge is 0.497 e. The minimum absolute atomic E-state index is 0.00957. The molecule has 12 heteroatoms. The van der Waals surface area contributed by atoms with E-state index in [0.29, 0.717) is 23.5 Å². The summed E-state index contributed by atoms with van der Waals surface area (Å²) in [5.41, 5.74) is 0.146. The number of aromatic nitrogens is 2. The highest BCUT2D eigenvalue weighted by Gasteiger charge is 2.51. The van der Waals surface area contributed by atoms with Crippen LogP contribution in [-0.2, 0) is 24.3 Å². The Morgan fingerprint density at radius 3 is 1.67 bits per heavy atom. The molecule has 0 saturated carbocycles. The quantitative estimate of drug-likeness (QED) is 0.0324. The average molecular weight is 968 g/mol. The average Bonchev–Trinajstić information content (AvgIpc) is 3.34. The fraction of sp³-hybridized carbons (Fsp3) is 0.596. The molecule has 0 unspecified atom stereocenters. The van der Waals surface area contributed by atoms with Crippen molar-refractivity contribution < 1.29 is 28.2 Å². The fourth-order valence-corrected chi connectivity index (χ4v) is 16.3. The molecule has 2 heterocycles. The molecule has 0 radical (unpaired) electrons. The molecule has 1 aliphatic rings. The molecular formula is C57H85N3O8Si. The number of carbonyl (C=O) groups is 1. The van der Waals surface area contributed by atoms with Crippen molar-refractivity contribution in [2.75, 3.05) is 40.5 Å². The Hall–Kier alpha value is -4.49. The van der Waals surface area contributed by atoms with E-state index in [2.05, 4.69) is 65.6 Å². The number of aryl methyl sites for hydroxylation is 1. The predicted molar refractivity (Wildman–Crippen MR) is 281 cm³/mol. The zero-order valence-corrected chi connectivity index (χ0v) is 44.8. The van der Waals surface area contributed by atoms with E-state index in [-0.39, 0.29) is 48.8 Å². The fourth-order valence-electron chi connectivity index (χ4n) is 10.8. The molecule has 1 fully saturated rings. The number of methoxy groups -OCH3 is 2. The zero-order chi connectivity index (χ0) is 50.0. The Morgan fingerprint density at radius 1 is 0.710 bits per heavy atom. The number of carbonyl (C=O) groups excluding carboxylic acids is 1. The van der Waals surface area contributed by atoms with E-state index in [4.69, 9.17) is 23.4 Å². The number of rotatable bonds is 29. The van der Waals surface area contributed by atoms with Gasteiger partial charge in [-0.3, -0.25) is 19.1 Å². The molecular weight excluding hydrogens is 883 g/mol. The van der Waals surface area contributed by atoms with Crippen LogP contribution in [0.25, 0.3) is 0 Å². The summed E-state index contributed by atoms with van der Waals surface area (Å²) in [5.74, 6) is 1.40. The number of amides is 1. The highest BCUT2D eigenvalue weighted by molar-refractivity contribution is 6.77. The first-order valence-electron chi connectivity index (χ1n) is 26.1. The van der Waals surface area contributed by atoms with E-state index in [1.807, 2.05) is 71.6 Å². The Morgan fingerprint density at radius 2 is 1.19 bits per heavy atom. The third-order valence-corrected chi connectivity index (χ3v) is 20.6. The Kier molecular flexibility index (Phi) is 21.4. The molecule has 4 aromatic rings. The molecule has 0 aliphatic carbocycles. The standard InChI is InChI=1S/C57H85N3O8Si/c1-11-12-13-14-15-16-17-18-19-20-21-22-26-29-52(61)59-39-53(60-38-46(8)54(62)58-55(60)63)68-56(40-59,42-67-69(43(2)3,44(4)5)45(6)7)41-66-57(47-27-24-23-25-28-47,48-30-34-50(64-9)35-31-48)49-32-36-51(65-10)37-33-49/h23-25,27-28,30-38,43-45,53H,11-22,26,29,39-42H2,1-10H3,(H,58,62,63)/t53-,56+/m1/s1. The molecule has 11 nitrogen and oxygen atoms in total. The number of morpholine rings is 1. The van der Waals surface area contributed by atoms with Gasteiger partial charge in [0.2, 0.25) is 5.91 Å². The summed E-state index contributed by atoms with van der Waals surface area (Å²) >= 11 is 0. The normalized spacial score (nSPS) is 16.7. The van der Waals surface area contributed by atoms with Gasteiger partial charge in [-0.05, 0) is 70.9 Å². The van der Waals surface area contributed by atoms with Gasteiger partial charge in [-0.1, -0.05) is 180 Å². The summed E-state index contributed by atoms with van der Waals surface area (Å²) < 4.78 is 35.1. The molecule has 0 spiro atoms. The number of benzene rings is 3. The zero-order valence-electron chi connectivity index (χ0n) is 43.8. The topological polar surface area (TPSA) is 121 Å². The van der Waals surface area contributed by atoms with Gasteiger partial charge in [0.15, 0.2) is 14.5 Å². The monoisotopic (exact) mass is 968 g/mol. The molecule has 1 N–H and O–H groups in total. The van der Waals surface area contributed by atoms with Crippen LogP contribution in [0.1, 0.15) is 167 Å². The van der Waals surface area contributed by atoms with E-state index in [1.54, 1.807) is 21.1 Å². The van der Waals surface area contributed by atoms with Crippen molar-refractivity contribution in [2.45, 2.75) is 179 Å². The van der Waals surface area contributed by atoms with E-state index >= 15 is 0 Å². The number of ether oxygens (including phenoxy) is 4. The second-order valence-electron chi connectivity index (χ2n) is 20.4. The van der Waals surface area contributed by atoms with Gasteiger partial charge in [-0.15, -0.1) is 0 Å². The molecule has 2 atom stereocenters. The first kappa shape index (κ1) is 55.4. The molecule has 1 saturated heterocycles. The van der Waals surface area contributed by atoms with Crippen LogP contribution in [0.4, 0.5) is 0 Å². The van der Waals surface area contributed by atoms with Crippen molar-refractivity contribution in [2.24, 2.45) is 0 Å². The maximum atomic E-state index is 14.7. The van der Waals surface area contributed by atoms with E-state index in [0.717, 1.165) is 36.0 Å². The molecule has 380 valence electrons. The predicted octanol–water partition coefficient (Wildman–Crippen LogP) is 12.6. The van der Waals surface area contributed by atoms with Gasteiger partial charge >= 0.3 is 5.69 Å². The van der Waals surface area contributed by atoms with Crippen molar-refractivity contribution >= 4 is 14.2 Å². The van der Waals surface area contributed by atoms with Gasteiger partial charge in [-0.2, -0.15) is 0 Å². The van der Waals surface area contributed by atoms with Crippen molar-refractivity contribution in [1.82, 2.24) is 14.5 Å². The summed E-state index contributed by atoms with van der Waals surface area (Å²) in [4.78, 5) is 45.6. The summed E-state index contributed by atoms with van der Waals surface area (Å²) in [6, 6.07) is 25.9. The minimum Gasteiger partial charge on any atom is -0.497 e. The lowest BCUT2D eigenvalue weighted by Crippen LogP contribution is -2.63. The Bertz CT molecular complexity index is 2190. The van der Waals surface area contributed by atoms with Gasteiger partial charge < -0.3 is 28.3 Å². The number of nitrogens with one attached hydrogen (secondary N) is 1. The SMILES string of the molecule is CCCCCCCCCCCCCCCC(=O)N1C[C@H](n2cc(C)c(=O)[nH]c2=O)O[C@@](COC(c2ccccc2)(c2ccc(OC)cc2)c2ccc(OC)cc2)(CO[Si](C(C)C)(C(C)C)C(C)C)C1. The summed E-state index contributed by atoms with van der Waals surface area (Å²) in [5, 5.41) is 0. The number of aromatic amines is 1. The first-order valence-corrected chi connectivity index (χ1v) is 28.2. The molecule has 69 heavy (non-hydrogen) atoms. The van der Waals surface area contributed by atoms with Crippen molar-refractivity contribution in [3.8, 4) is 11.5 Å². The number of hydrogen-bond acceptors (Lipinski definition) is 8. The minimum atomic E-state index is -2.56. The van der Waals surface area contributed by atoms with E-state index < -0.39 is 37.0 Å². The smallest absolute Gasteiger partial charge is 0.330 e. The van der Waals surface area contributed by atoms with Crippen LogP contribution >= 0.6 is 0 Å². The Balaban J connectivity index is 1.55. The van der Waals surface area contributed by atoms with Crippen LogP contribution < -0.4 is 20.7 Å². The summed E-state index contributed by atoms with van der Waals surface area (Å²) in [6.45, 7) is 17.8. The maximum Gasteiger partial charge on any atom is 0.330 e. The van der Waals surface area contributed by atoms with Gasteiger partial charge in [0.25, 0.3) is 5.56 Å². The van der Waals surface area contributed by atoms with Crippen LogP contribution in [0, 0.1) is 6.92 Å². The Labute approximate surface area is 414 Å². The van der Waals surface area contributed by atoms with E-state index in [1.165, 1.54) is 75.0 Å². The lowest BCUT2D eigenvalue weighted by Gasteiger charge is -2.50. The summed E-state index contributed by atoms with van der Waals surface area (Å²) in [7, 11) is 0.738. The molecule has 1 aromatic heterocycles. The second-order valence-corrected chi connectivity index (χ2v) is 25.9. The maximum absolute atomic E-state index is 14.7. The third-order valence-electron chi connectivity index (χ3n) is 14.6. The van der Waals surface area contributed by atoms with Gasteiger partial charge in [0.1, 0.15) is 22.7 Å². The molecule has 5 rings (SSSR count).